The Morgan fingerprint density at radius 2 is 1.59 bits per heavy atom. The van der Waals surface area contributed by atoms with E-state index in [1.807, 2.05) is 13.0 Å². The molecule has 5 rings (SSSR count). The fraction of sp³-hybridized carbons (Fsp3) is 0.578. The number of allylic oxidation sites excluding steroid dienone is 4. The van der Waals surface area contributed by atoms with Crippen molar-refractivity contribution in [2.75, 3.05) is 0 Å². The first-order valence-corrected chi connectivity index (χ1v) is 19.4. The Labute approximate surface area is 306 Å². The minimum atomic E-state index is -1.33. The highest BCUT2D eigenvalue weighted by atomic mass is 16.6. The predicted octanol–water partition coefficient (Wildman–Crippen LogP) is 10.8. The van der Waals surface area contributed by atoms with Crippen LogP contribution in [0, 0.1) is 10.8 Å². The molecule has 4 unspecified atom stereocenters. The Morgan fingerprint density at radius 3 is 2.24 bits per heavy atom. The number of benzene rings is 2. The number of aliphatic hydroxyl groups is 1. The fourth-order valence-corrected chi connectivity index (χ4v) is 9.05. The zero-order chi connectivity index (χ0) is 37.5. The van der Waals surface area contributed by atoms with E-state index in [9.17, 15) is 25.2 Å². The van der Waals surface area contributed by atoms with Crippen molar-refractivity contribution in [2.45, 2.75) is 156 Å². The number of carbonyl (C=O) groups excluding carboxylic acids is 1. The highest BCUT2D eigenvalue weighted by Crippen LogP contribution is 2.56. The van der Waals surface area contributed by atoms with Crippen LogP contribution in [0.25, 0.3) is 5.57 Å². The van der Waals surface area contributed by atoms with Crippen molar-refractivity contribution in [2.24, 2.45) is 10.8 Å². The Kier molecular flexibility index (Phi) is 11.3. The van der Waals surface area contributed by atoms with Crippen LogP contribution in [0.15, 0.2) is 47.6 Å². The number of phenolic OH excluding ortho intramolecular Hbond substituents is 3. The number of aromatic hydroxyl groups is 3. The number of aryl methyl sites for hydroxylation is 2. The molecule has 0 heterocycles. The topological polar surface area (TPSA) is 107 Å². The van der Waals surface area contributed by atoms with Crippen LogP contribution in [0.4, 0.5) is 0 Å². The molecular weight excluding hydrogens is 636 g/mol. The number of hydrogen-bond donors (Lipinski definition) is 4. The lowest BCUT2D eigenvalue weighted by molar-refractivity contribution is -0.0680. The molecule has 3 aliphatic rings. The third-order valence-electron chi connectivity index (χ3n) is 12.5. The molecule has 6 heteroatoms. The van der Waals surface area contributed by atoms with Gasteiger partial charge in [0.2, 0.25) is 0 Å². The molecular formula is C45H62O6. The molecule has 2 aromatic rings. The van der Waals surface area contributed by atoms with Crippen molar-refractivity contribution in [3.63, 3.8) is 0 Å². The molecule has 0 bridgehead atoms. The molecule has 278 valence electrons. The number of ether oxygens (including phenoxy) is 1. The Bertz CT molecular complexity index is 1740. The largest absolute Gasteiger partial charge is 0.507 e. The van der Waals surface area contributed by atoms with Gasteiger partial charge in [-0.2, -0.15) is 0 Å². The van der Waals surface area contributed by atoms with Gasteiger partial charge < -0.3 is 25.2 Å². The Hall–Kier alpha value is -3.51. The second-order valence-corrected chi connectivity index (χ2v) is 17.0. The number of aliphatic hydroxyl groups excluding tert-OH is 1. The average Bonchev–Trinajstić information content (AvgIpc) is 3.04. The van der Waals surface area contributed by atoms with Crippen LogP contribution in [0.1, 0.15) is 164 Å². The van der Waals surface area contributed by atoms with Gasteiger partial charge in [-0.3, -0.25) is 0 Å². The summed E-state index contributed by atoms with van der Waals surface area (Å²) in [4.78, 5) is 14.5. The molecule has 2 aromatic carbocycles. The number of hydrogen-bond acceptors (Lipinski definition) is 6. The summed E-state index contributed by atoms with van der Waals surface area (Å²) < 4.78 is 6.39. The number of fused-ring (bicyclic) bond motifs is 2. The SMILES string of the molecule is C=C(C)C1(C)CCC(C)=CC1c1c(O)cc(CCCCC)c(C(=O)OC2(C)CCC3=C(c4c(O)cc(CCCCC)cc4CC3(C)C)C2O)c1O. The molecule has 4 N–H and O–H groups in total. The minimum Gasteiger partial charge on any atom is -0.507 e. The molecule has 0 amide bonds. The number of esters is 1. The summed E-state index contributed by atoms with van der Waals surface area (Å²) in [5.74, 6) is -1.25. The van der Waals surface area contributed by atoms with Crippen molar-refractivity contribution in [3.05, 3.63) is 81.0 Å². The molecule has 0 saturated heterocycles. The van der Waals surface area contributed by atoms with Crippen molar-refractivity contribution in [1.29, 1.82) is 0 Å². The maximum Gasteiger partial charge on any atom is 0.342 e. The maximum atomic E-state index is 14.5. The second-order valence-electron chi connectivity index (χ2n) is 17.0. The van der Waals surface area contributed by atoms with Gasteiger partial charge in [-0.05, 0) is 124 Å². The lowest BCUT2D eigenvalue weighted by atomic mass is 9.62. The first-order valence-electron chi connectivity index (χ1n) is 19.4. The zero-order valence-corrected chi connectivity index (χ0v) is 32.5. The van der Waals surface area contributed by atoms with Gasteiger partial charge in [0.1, 0.15) is 34.5 Å². The summed E-state index contributed by atoms with van der Waals surface area (Å²) in [7, 11) is 0. The molecule has 6 nitrogen and oxygen atoms in total. The third-order valence-corrected chi connectivity index (χ3v) is 12.5. The molecule has 0 radical (unpaired) electrons. The molecule has 0 aromatic heterocycles. The van der Waals surface area contributed by atoms with E-state index in [0.717, 1.165) is 92.1 Å². The smallest absolute Gasteiger partial charge is 0.342 e. The summed E-state index contributed by atoms with van der Waals surface area (Å²) in [6.45, 7) is 20.8. The third kappa shape index (κ3) is 7.27. The second kappa shape index (κ2) is 14.8. The Morgan fingerprint density at radius 1 is 0.922 bits per heavy atom. The van der Waals surface area contributed by atoms with E-state index < -0.39 is 23.1 Å². The lowest BCUT2D eigenvalue weighted by Gasteiger charge is -2.47. The van der Waals surface area contributed by atoms with E-state index in [2.05, 4.69) is 60.3 Å². The molecule has 51 heavy (non-hydrogen) atoms. The average molecular weight is 699 g/mol. The monoisotopic (exact) mass is 698 g/mol. The van der Waals surface area contributed by atoms with Crippen LogP contribution in [-0.4, -0.2) is 38.1 Å². The van der Waals surface area contributed by atoms with Crippen LogP contribution in [0.5, 0.6) is 17.2 Å². The van der Waals surface area contributed by atoms with Crippen LogP contribution in [0.3, 0.4) is 0 Å². The quantitative estimate of drug-likeness (QED) is 0.0998. The number of phenols is 3. The van der Waals surface area contributed by atoms with Gasteiger partial charge in [-0.1, -0.05) is 95.7 Å². The molecule has 0 spiro atoms. The van der Waals surface area contributed by atoms with E-state index in [1.165, 1.54) is 0 Å². The summed E-state index contributed by atoms with van der Waals surface area (Å²) in [5, 5.41) is 47.4. The molecule has 0 saturated carbocycles. The van der Waals surface area contributed by atoms with Crippen molar-refractivity contribution in [1.82, 2.24) is 0 Å². The van der Waals surface area contributed by atoms with Gasteiger partial charge >= 0.3 is 5.97 Å². The predicted molar refractivity (Wildman–Crippen MR) is 206 cm³/mol. The van der Waals surface area contributed by atoms with Gasteiger partial charge in [-0.15, -0.1) is 0 Å². The van der Waals surface area contributed by atoms with E-state index in [4.69, 9.17) is 4.74 Å². The van der Waals surface area contributed by atoms with Crippen LogP contribution < -0.4 is 0 Å². The maximum absolute atomic E-state index is 14.5. The summed E-state index contributed by atoms with van der Waals surface area (Å²) in [5.41, 5.74) is 5.48. The first-order chi connectivity index (χ1) is 24.0. The van der Waals surface area contributed by atoms with Crippen LogP contribution in [0.2, 0.25) is 0 Å². The molecule has 0 aliphatic heterocycles. The van der Waals surface area contributed by atoms with Gasteiger partial charge in [0, 0.05) is 17.0 Å². The summed E-state index contributed by atoms with van der Waals surface area (Å²) in [6, 6.07) is 5.65. The standard InChI is InChI=1S/C45H62O6/c1-10-12-14-16-29-23-31-26-43(6,7)32-19-21-45(9,41(49)39(32)36(31)34(46)24-29)51-42(50)37-30(17-15-13-11-2)25-35(47)38(40(37)48)33-22-28(5)18-20-44(33,8)27(3)4/h22-25,33,41,46-49H,3,10-21,26H2,1-2,4-9H3. The lowest BCUT2D eigenvalue weighted by Crippen LogP contribution is -2.49. The van der Waals surface area contributed by atoms with Gasteiger partial charge in [0.05, 0.1) is 0 Å². The minimum absolute atomic E-state index is 0.0386. The summed E-state index contributed by atoms with van der Waals surface area (Å²) >= 11 is 0. The first kappa shape index (κ1) is 38.7. The van der Waals surface area contributed by atoms with Crippen molar-refractivity contribution < 1.29 is 30.0 Å². The van der Waals surface area contributed by atoms with E-state index in [1.54, 1.807) is 13.0 Å². The van der Waals surface area contributed by atoms with E-state index >= 15 is 0 Å². The zero-order valence-electron chi connectivity index (χ0n) is 32.5. The van der Waals surface area contributed by atoms with Crippen molar-refractivity contribution >= 4 is 11.5 Å². The molecule has 0 fully saturated rings. The van der Waals surface area contributed by atoms with E-state index in [-0.39, 0.29) is 34.1 Å². The highest BCUT2D eigenvalue weighted by molar-refractivity contribution is 5.96. The number of rotatable bonds is 12. The highest BCUT2D eigenvalue weighted by Gasteiger charge is 2.50. The van der Waals surface area contributed by atoms with Gasteiger partial charge in [0.15, 0.2) is 0 Å². The van der Waals surface area contributed by atoms with Gasteiger partial charge in [0.25, 0.3) is 0 Å². The normalized spacial score (nSPS) is 25.5. The van der Waals surface area contributed by atoms with Crippen LogP contribution >= 0.6 is 0 Å². The van der Waals surface area contributed by atoms with Gasteiger partial charge in [-0.25, -0.2) is 4.79 Å². The Balaban J connectivity index is 1.57. The van der Waals surface area contributed by atoms with Crippen molar-refractivity contribution in [3.8, 4) is 17.2 Å². The fourth-order valence-electron chi connectivity index (χ4n) is 9.05. The number of unbranched alkanes of at least 4 members (excludes halogenated alkanes) is 4. The summed E-state index contributed by atoms with van der Waals surface area (Å²) in [6.07, 6.45) is 11.7. The van der Waals surface area contributed by atoms with Crippen LogP contribution in [-0.2, 0) is 24.0 Å². The van der Waals surface area contributed by atoms with E-state index in [0.29, 0.717) is 41.5 Å². The number of carbonyl (C=O) groups is 1. The molecule has 4 atom stereocenters. The molecule has 3 aliphatic carbocycles.